The highest BCUT2D eigenvalue weighted by Gasteiger charge is 2.49. The van der Waals surface area contributed by atoms with Gasteiger partial charge in [0, 0.05) is 0 Å². The summed E-state index contributed by atoms with van der Waals surface area (Å²) < 4.78 is 15.8. The molecule has 3 N–H and O–H groups in total. The Morgan fingerprint density at radius 3 is 2.47 bits per heavy atom. The Labute approximate surface area is 87.4 Å². The predicted molar refractivity (Wildman–Crippen MR) is 47.8 cm³/mol. The number of aliphatic hydroxyl groups is 3. The number of rotatable bonds is 0. The van der Waals surface area contributed by atoms with E-state index in [1.54, 1.807) is 13.8 Å². The van der Waals surface area contributed by atoms with Crippen LogP contribution in [0, 0.1) is 0 Å². The van der Waals surface area contributed by atoms with E-state index in [1.807, 2.05) is 0 Å². The van der Waals surface area contributed by atoms with Crippen molar-refractivity contribution >= 4 is 0 Å². The summed E-state index contributed by atoms with van der Waals surface area (Å²) in [6.07, 6.45) is -5.13. The van der Waals surface area contributed by atoms with E-state index in [2.05, 4.69) is 0 Å². The first-order valence-electron chi connectivity index (χ1n) is 4.92. The van der Waals surface area contributed by atoms with Gasteiger partial charge in [-0.05, 0) is 13.8 Å². The molecule has 15 heavy (non-hydrogen) atoms. The monoisotopic (exact) mass is 220 g/mol. The molecule has 0 saturated carbocycles. The van der Waals surface area contributed by atoms with E-state index in [0.29, 0.717) is 0 Å². The van der Waals surface area contributed by atoms with E-state index in [-0.39, 0.29) is 6.61 Å². The van der Waals surface area contributed by atoms with Gasteiger partial charge in [-0.1, -0.05) is 0 Å². The van der Waals surface area contributed by atoms with Crippen LogP contribution < -0.4 is 0 Å². The molecule has 6 heteroatoms. The average Bonchev–Trinajstić information content (AvgIpc) is 2.16. The van der Waals surface area contributed by atoms with Gasteiger partial charge in [0.15, 0.2) is 12.1 Å². The Morgan fingerprint density at radius 2 is 1.80 bits per heavy atom. The van der Waals surface area contributed by atoms with Gasteiger partial charge in [0.1, 0.15) is 24.4 Å². The molecule has 88 valence electrons. The van der Waals surface area contributed by atoms with E-state index < -0.39 is 36.5 Å². The standard InChI is InChI=1S/C9H16O6/c1-9(2)13-3-4-7(15-9)5(10)6(11)8(12)14-4/h4-8,10-12H,3H2,1-2H3/t4-,5-,6-,7-,8-/m1/s1. The van der Waals surface area contributed by atoms with Crippen LogP contribution in [0.1, 0.15) is 13.8 Å². The lowest BCUT2D eigenvalue weighted by Crippen LogP contribution is -2.64. The number of hydrogen-bond acceptors (Lipinski definition) is 6. The minimum Gasteiger partial charge on any atom is -0.387 e. The Morgan fingerprint density at radius 1 is 1.13 bits per heavy atom. The summed E-state index contributed by atoms with van der Waals surface area (Å²) in [6.45, 7) is 3.65. The summed E-state index contributed by atoms with van der Waals surface area (Å²) in [7, 11) is 0. The zero-order valence-corrected chi connectivity index (χ0v) is 8.66. The smallest absolute Gasteiger partial charge is 0.184 e. The van der Waals surface area contributed by atoms with Crippen molar-refractivity contribution in [2.75, 3.05) is 6.61 Å². The lowest BCUT2D eigenvalue weighted by molar-refractivity contribution is -0.377. The molecule has 2 aliphatic rings. The van der Waals surface area contributed by atoms with Gasteiger partial charge in [-0.15, -0.1) is 0 Å². The summed E-state index contributed by atoms with van der Waals surface area (Å²) >= 11 is 0. The number of aliphatic hydroxyl groups excluding tert-OH is 3. The van der Waals surface area contributed by atoms with Crippen molar-refractivity contribution in [3.8, 4) is 0 Å². The Bertz CT molecular complexity index is 241. The van der Waals surface area contributed by atoms with E-state index in [0.717, 1.165) is 0 Å². The van der Waals surface area contributed by atoms with E-state index in [9.17, 15) is 15.3 Å². The minimum atomic E-state index is -1.39. The van der Waals surface area contributed by atoms with Crippen LogP contribution in [0.15, 0.2) is 0 Å². The fourth-order valence-electron chi connectivity index (χ4n) is 1.84. The van der Waals surface area contributed by atoms with E-state index >= 15 is 0 Å². The summed E-state index contributed by atoms with van der Waals surface area (Å²) in [6, 6.07) is 0. The van der Waals surface area contributed by atoms with E-state index in [4.69, 9.17) is 14.2 Å². The molecular formula is C9H16O6. The summed E-state index contributed by atoms with van der Waals surface area (Å²) in [4.78, 5) is 0. The van der Waals surface area contributed by atoms with Crippen LogP contribution >= 0.6 is 0 Å². The quantitative estimate of drug-likeness (QED) is 0.464. The Balaban J connectivity index is 2.12. The molecule has 2 rings (SSSR count). The second-order valence-electron chi connectivity index (χ2n) is 4.34. The average molecular weight is 220 g/mol. The van der Waals surface area contributed by atoms with Crippen molar-refractivity contribution in [1.82, 2.24) is 0 Å². The van der Waals surface area contributed by atoms with Crippen molar-refractivity contribution in [2.24, 2.45) is 0 Å². The lowest BCUT2D eigenvalue weighted by atomic mass is 9.98. The zero-order chi connectivity index (χ0) is 11.2. The van der Waals surface area contributed by atoms with Gasteiger partial charge in [0.2, 0.25) is 0 Å². The maximum absolute atomic E-state index is 9.70. The topological polar surface area (TPSA) is 88.4 Å². The molecule has 6 nitrogen and oxygen atoms in total. The Hall–Kier alpha value is -0.240. The highest BCUT2D eigenvalue weighted by molar-refractivity contribution is 4.92. The second kappa shape index (κ2) is 3.65. The first-order valence-corrected chi connectivity index (χ1v) is 4.92. The molecule has 2 saturated heterocycles. The minimum absolute atomic E-state index is 0.221. The van der Waals surface area contributed by atoms with Crippen molar-refractivity contribution in [3.05, 3.63) is 0 Å². The molecule has 0 spiro atoms. The van der Waals surface area contributed by atoms with Crippen LogP contribution in [0.4, 0.5) is 0 Å². The molecule has 0 radical (unpaired) electrons. The molecule has 0 bridgehead atoms. The summed E-state index contributed by atoms with van der Waals surface area (Å²) in [5, 5.41) is 28.4. The van der Waals surface area contributed by atoms with Gasteiger partial charge in [-0.2, -0.15) is 0 Å². The second-order valence-corrected chi connectivity index (χ2v) is 4.34. The molecule has 2 fully saturated rings. The zero-order valence-electron chi connectivity index (χ0n) is 8.66. The fraction of sp³-hybridized carbons (Fsp3) is 1.00. The van der Waals surface area contributed by atoms with Gasteiger partial charge in [0.25, 0.3) is 0 Å². The van der Waals surface area contributed by atoms with Crippen LogP contribution in [0.3, 0.4) is 0 Å². The number of ether oxygens (including phenoxy) is 3. The highest BCUT2D eigenvalue weighted by Crippen LogP contribution is 2.31. The molecule has 0 unspecified atom stereocenters. The Kier molecular flexibility index (Phi) is 2.74. The molecule has 2 aliphatic heterocycles. The highest BCUT2D eigenvalue weighted by atomic mass is 16.7. The maximum atomic E-state index is 9.70. The van der Waals surface area contributed by atoms with Gasteiger partial charge in [-0.25, -0.2) is 0 Å². The van der Waals surface area contributed by atoms with Crippen LogP contribution in [-0.4, -0.2) is 58.4 Å². The largest absolute Gasteiger partial charge is 0.387 e. The molecule has 0 aromatic carbocycles. The number of fused-ring (bicyclic) bond motifs is 1. The molecule has 0 amide bonds. The molecule has 0 aromatic rings. The first kappa shape index (κ1) is 11.3. The SMILES string of the molecule is CC1(C)OC[C@H]2O[C@@H](O)[C@H](O)[C@@H](O)[C@@H]2O1. The summed E-state index contributed by atoms with van der Waals surface area (Å²) in [5.41, 5.74) is 0. The van der Waals surface area contributed by atoms with Crippen molar-refractivity contribution in [3.63, 3.8) is 0 Å². The normalized spacial score (nSPS) is 49.8. The van der Waals surface area contributed by atoms with Crippen LogP contribution in [0.5, 0.6) is 0 Å². The molecule has 5 atom stereocenters. The predicted octanol–water partition coefficient (Wildman–Crippen LogP) is -1.42. The molecule has 2 heterocycles. The molecular weight excluding hydrogens is 204 g/mol. The third kappa shape index (κ3) is 2.01. The van der Waals surface area contributed by atoms with Crippen LogP contribution in [0.2, 0.25) is 0 Å². The third-order valence-electron chi connectivity index (χ3n) is 2.67. The van der Waals surface area contributed by atoms with Crippen molar-refractivity contribution in [2.45, 2.75) is 50.3 Å². The van der Waals surface area contributed by atoms with Gasteiger partial charge in [0.05, 0.1) is 6.61 Å². The fourth-order valence-corrected chi connectivity index (χ4v) is 1.84. The van der Waals surface area contributed by atoms with Crippen molar-refractivity contribution < 1.29 is 29.5 Å². The summed E-state index contributed by atoms with van der Waals surface area (Å²) in [5.74, 6) is -0.812. The van der Waals surface area contributed by atoms with Gasteiger partial charge in [-0.3, -0.25) is 0 Å². The number of hydrogen-bond donors (Lipinski definition) is 3. The third-order valence-corrected chi connectivity index (χ3v) is 2.67. The van der Waals surface area contributed by atoms with Crippen LogP contribution in [0.25, 0.3) is 0 Å². The maximum Gasteiger partial charge on any atom is 0.184 e. The molecule has 0 aromatic heterocycles. The van der Waals surface area contributed by atoms with Crippen molar-refractivity contribution in [1.29, 1.82) is 0 Å². The van der Waals surface area contributed by atoms with Gasteiger partial charge >= 0.3 is 0 Å². The van der Waals surface area contributed by atoms with E-state index in [1.165, 1.54) is 0 Å². The molecule has 0 aliphatic carbocycles. The van der Waals surface area contributed by atoms with Gasteiger partial charge < -0.3 is 29.5 Å². The van der Waals surface area contributed by atoms with Crippen LogP contribution in [-0.2, 0) is 14.2 Å². The first-order chi connectivity index (χ1) is 6.91. The lowest BCUT2D eigenvalue weighted by Gasteiger charge is -2.47.